The van der Waals surface area contributed by atoms with Gasteiger partial charge < -0.3 is 21.1 Å². The number of hydrogen-bond donors (Lipinski definition) is 4. The number of amides is 2. The van der Waals surface area contributed by atoms with Gasteiger partial charge in [0.2, 0.25) is 5.91 Å². The molecule has 0 spiro atoms. The van der Waals surface area contributed by atoms with Crippen molar-refractivity contribution in [1.82, 2.24) is 25.2 Å². The fourth-order valence-electron chi connectivity index (χ4n) is 4.20. The molecule has 11 heteroatoms. The first kappa shape index (κ1) is 27.7. The number of alkyl halides is 1. The summed E-state index contributed by atoms with van der Waals surface area (Å²) in [7, 11) is 0. The number of halogens is 1. The zero-order valence-corrected chi connectivity index (χ0v) is 22.7. The van der Waals surface area contributed by atoms with Gasteiger partial charge >= 0.3 is 0 Å². The fourth-order valence-corrected chi connectivity index (χ4v) is 4.20. The summed E-state index contributed by atoms with van der Waals surface area (Å²) in [4.78, 5) is 29.5. The first-order valence-corrected chi connectivity index (χ1v) is 13.3. The summed E-state index contributed by atoms with van der Waals surface area (Å²) in [6.45, 7) is 2.72. The number of pyridine rings is 1. The van der Waals surface area contributed by atoms with Crippen LogP contribution in [0.4, 0.5) is 15.8 Å². The van der Waals surface area contributed by atoms with E-state index in [1.54, 1.807) is 16.6 Å². The number of carbonyl (C=O) groups is 2. The predicted octanol–water partition coefficient (Wildman–Crippen LogP) is 3.88. The van der Waals surface area contributed by atoms with Crippen LogP contribution in [0.15, 0.2) is 60.9 Å². The average molecular weight is 556 g/mol. The molecule has 1 saturated carbocycles. The van der Waals surface area contributed by atoms with Crippen molar-refractivity contribution in [2.45, 2.75) is 45.0 Å². The number of anilines is 2. The van der Waals surface area contributed by atoms with Crippen LogP contribution in [0.1, 0.15) is 48.2 Å². The monoisotopic (exact) mass is 555 g/mol. The van der Waals surface area contributed by atoms with Gasteiger partial charge in [-0.3, -0.25) is 14.6 Å². The number of benzene rings is 1. The molecule has 10 nitrogen and oxygen atoms in total. The average Bonchev–Trinajstić information content (AvgIpc) is 3.73. The summed E-state index contributed by atoms with van der Waals surface area (Å²) in [6, 6.07) is 16.5. The lowest BCUT2D eigenvalue weighted by molar-refractivity contribution is -0.122. The second-order valence-corrected chi connectivity index (χ2v) is 10.7. The van der Waals surface area contributed by atoms with E-state index in [-0.39, 0.29) is 23.9 Å². The second kappa shape index (κ2) is 11.3. The predicted molar refractivity (Wildman–Crippen MR) is 151 cm³/mol. The van der Waals surface area contributed by atoms with Crippen LogP contribution in [0.2, 0.25) is 0 Å². The third-order valence-electron chi connectivity index (χ3n) is 6.90. The molecule has 1 aromatic carbocycles. The Bertz CT molecular complexity index is 1630. The molecule has 4 N–H and O–H groups in total. The fraction of sp³-hybridized carbons (Fsp3) is 0.300. The van der Waals surface area contributed by atoms with Crippen LogP contribution in [0.25, 0.3) is 16.9 Å². The van der Waals surface area contributed by atoms with Crippen LogP contribution in [0, 0.1) is 17.2 Å². The maximum absolute atomic E-state index is 14.3. The van der Waals surface area contributed by atoms with Crippen LogP contribution >= 0.6 is 0 Å². The molecule has 4 aromatic rings. The maximum Gasteiger partial charge on any atom is 0.255 e. The highest BCUT2D eigenvalue weighted by Crippen LogP contribution is 2.29. The van der Waals surface area contributed by atoms with Gasteiger partial charge in [-0.15, -0.1) is 0 Å². The van der Waals surface area contributed by atoms with Gasteiger partial charge in [-0.2, -0.15) is 10.4 Å². The van der Waals surface area contributed by atoms with Crippen LogP contribution in [-0.4, -0.2) is 49.8 Å². The zero-order chi connectivity index (χ0) is 29.1. The van der Waals surface area contributed by atoms with E-state index in [0.29, 0.717) is 40.4 Å². The van der Waals surface area contributed by atoms with E-state index in [2.05, 4.69) is 32.1 Å². The van der Waals surface area contributed by atoms with Crippen LogP contribution in [0.5, 0.6) is 0 Å². The van der Waals surface area contributed by atoms with Crippen molar-refractivity contribution in [2.24, 2.45) is 5.92 Å². The van der Waals surface area contributed by atoms with E-state index in [4.69, 9.17) is 0 Å². The van der Waals surface area contributed by atoms with E-state index >= 15 is 0 Å². The van der Waals surface area contributed by atoms with E-state index in [1.807, 2.05) is 36.4 Å². The Labute approximate surface area is 236 Å². The molecule has 0 bridgehead atoms. The highest BCUT2D eigenvalue weighted by Gasteiger charge is 2.29. The van der Waals surface area contributed by atoms with Gasteiger partial charge in [0.25, 0.3) is 5.91 Å². The third kappa shape index (κ3) is 6.50. The van der Waals surface area contributed by atoms with E-state index in [9.17, 15) is 24.3 Å². The summed E-state index contributed by atoms with van der Waals surface area (Å²) >= 11 is 0. The molecule has 1 aliphatic rings. The highest BCUT2D eigenvalue weighted by atomic mass is 19.1. The molecule has 1 atom stereocenters. The topological polar surface area (TPSA) is 144 Å². The van der Waals surface area contributed by atoms with E-state index in [0.717, 1.165) is 18.4 Å². The molecule has 0 aliphatic heterocycles. The number of nitriles is 1. The van der Waals surface area contributed by atoms with Crippen LogP contribution < -0.4 is 16.0 Å². The SMILES string of the molecule is CC(C)(O)C(F)CNC(=O)c1cnc(-c2ccc3cc(C#N)cnn23)cc1Nc1ccc(CNC(=O)C2CC2)cc1. The quantitative estimate of drug-likeness (QED) is 0.232. The minimum Gasteiger partial charge on any atom is -0.387 e. The summed E-state index contributed by atoms with van der Waals surface area (Å²) < 4.78 is 16.0. The van der Waals surface area contributed by atoms with Gasteiger partial charge in [-0.25, -0.2) is 8.91 Å². The molecule has 1 unspecified atom stereocenters. The lowest BCUT2D eigenvalue weighted by Crippen LogP contribution is -2.42. The molecular formula is C30H30FN7O3. The zero-order valence-electron chi connectivity index (χ0n) is 22.7. The van der Waals surface area contributed by atoms with Crippen molar-refractivity contribution >= 4 is 28.7 Å². The van der Waals surface area contributed by atoms with E-state index in [1.165, 1.54) is 26.2 Å². The Morgan fingerprint density at radius 1 is 1.15 bits per heavy atom. The minimum atomic E-state index is -1.67. The lowest BCUT2D eigenvalue weighted by atomic mass is 10.0. The molecular weight excluding hydrogens is 525 g/mol. The van der Waals surface area contributed by atoms with Crippen molar-refractivity contribution in [3.8, 4) is 17.5 Å². The number of nitrogens with one attached hydrogen (secondary N) is 3. The highest BCUT2D eigenvalue weighted by molar-refractivity contribution is 6.00. The number of carbonyl (C=O) groups excluding carboxylic acids is 2. The Kier molecular flexibility index (Phi) is 7.68. The molecule has 41 heavy (non-hydrogen) atoms. The van der Waals surface area contributed by atoms with Gasteiger partial charge in [0.1, 0.15) is 12.2 Å². The Morgan fingerprint density at radius 2 is 1.90 bits per heavy atom. The first-order chi connectivity index (χ1) is 19.6. The molecule has 3 heterocycles. The van der Waals surface area contributed by atoms with Crippen molar-refractivity contribution in [2.75, 3.05) is 11.9 Å². The molecule has 210 valence electrons. The van der Waals surface area contributed by atoms with Gasteiger partial charge in [-0.1, -0.05) is 12.1 Å². The lowest BCUT2D eigenvalue weighted by Gasteiger charge is -2.22. The number of aliphatic hydroxyl groups is 1. The van der Waals surface area contributed by atoms with Crippen LogP contribution in [0.3, 0.4) is 0 Å². The van der Waals surface area contributed by atoms with Crippen molar-refractivity contribution < 1.29 is 19.1 Å². The van der Waals surface area contributed by atoms with Crippen molar-refractivity contribution in [1.29, 1.82) is 5.26 Å². The number of hydrogen-bond acceptors (Lipinski definition) is 7. The van der Waals surface area contributed by atoms with Gasteiger partial charge in [0, 0.05) is 24.3 Å². The smallest absolute Gasteiger partial charge is 0.255 e. The summed E-state index contributed by atoms with van der Waals surface area (Å²) in [5, 5.41) is 32.2. The number of aromatic nitrogens is 3. The standard InChI is InChI=1S/C30H30FN7O3/c1-30(2,41)27(31)17-35-29(40)23-16-33-25(26-10-9-22-11-19(13-32)15-36-38(22)26)12-24(23)37-21-7-3-18(4-8-21)14-34-28(39)20-5-6-20/h3-4,7-12,15-16,20,27,41H,5-6,14,17H2,1-2H3,(H,33,37)(H,34,39)(H,35,40). The van der Waals surface area contributed by atoms with Crippen molar-refractivity contribution in [3.05, 3.63) is 77.6 Å². The summed E-state index contributed by atoms with van der Waals surface area (Å²) in [6.07, 6.45) is 3.08. The van der Waals surface area contributed by atoms with Crippen molar-refractivity contribution in [3.63, 3.8) is 0 Å². The molecule has 5 rings (SSSR count). The van der Waals surface area contributed by atoms with Gasteiger partial charge in [0.15, 0.2) is 0 Å². The van der Waals surface area contributed by atoms with Gasteiger partial charge in [0.05, 0.1) is 52.1 Å². The Morgan fingerprint density at radius 3 is 2.59 bits per heavy atom. The van der Waals surface area contributed by atoms with E-state index < -0.39 is 17.7 Å². The minimum absolute atomic E-state index is 0.0727. The summed E-state index contributed by atoms with van der Waals surface area (Å²) in [5.41, 5.74) is 2.91. The maximum atomic E-state index is 14.3. The summed E-state index contributed by atoms with van der Waals surface area (Å²) in [5.74, 6) is -0.350. The number of fused-ring (bicyclic) bond motifs is 1. The van der Waals surface area contributed by atoms with Crippen LogP contribution in [-0.2, 0) is 11.3 Å². The molecule has 0 radical (unpaired) electrons. The molecule has 2 amide bonds. The Balaban J connectivity index is 1.41. The molecule has 3 aromatic heterocycles. The first-order valence-electron chi connectivity index (χ1n) is 13.3. The largest absolute Gasteiger partial charge is 0.387 e. The third-order valence-corrected chi connectivity index (χ3v) is 6.90. The normalized spacial score (nSPS) is 13.8. The molecule has 1 fully saturated rings. The second-order valence-electron chi connectivity index (χ2n) is 10.7. The Hall–Kier alpha value is -4.82. The molecule has 0 saturated heterocycles. The number of nitrogens with zero attached hydrogens (tertiary/aromatic N) is 4. The van der Waals surface area contributed by atoms with Gasteiger partial charge in [-0.05, 0) is 68.7 Å². The number of rotatable bonds is 10. The molecule has 1 aliphatic carbocycles.